The summed E-state index contributed by atoms with van der Waals surface area (Å²) in [5.74, 6) is -0.162. The second-order valence-corrected chi connectivity index (χ2v) is 5.86. The Hall–Kier alpha value is -2.88. The zero-order chi connectivity index (χ0) is 15.8. The molecule has 2 aromatic carbocycles. The van der Waals surface area contributed by atoms with Crippen molar-refractivity contribution in [3.63, 3.8) is 0 Å². The first-order valence-corrected chi connectivity index (χ1v) is 7.71. The molecule has 0 spiro atoms. The Morgan fingerprint density at radius 3 is 1.91 bits per heavy atom. The summed E-state index contributed by atoms with van der Waals surface area (Å²) in [6.45, 7) is 0. The molecule has 4 rings (SSSR count). The van der Waals surface area contributed by atoms with E-state index in [2.05, 4.69) is 34.2 Å². The molecule has 1 heterocycles. The van der Waals surface area contributed by atoms with Crippen LogP contribution in [0.2, 0.25) is 0 Å². The second-order valence-electron chi connectivity index (χ2n) is 5.86. The minimum atomic E-state index is -0.478. The van der Waals surface area contributed by atoms with Crippen LogP contribution in [-0.4, -0.2) is 9.97 Å². The van der Waals surface area contributed by atoms with Gasteiger partial charge in [0.2, 0.25) is 0 Å². The number of nitrogens with one attached hydrogen (secondary N) is 2. The quantitative estimate of drug-likeness (QED) is 0.724. The number of aromatic amines is 2. The standard InChI is InChI=1S/C19H16N2O2/c22-18-16(11-20-19(23)21-18)17-14-7-3-1-5-12(14)9-10-13-6-2-4-8-15(13)17/h1-8,11,17H,9-10H2,(H2,20,21,22,23). The third kappa shape index (κ3) is 2.32. The average Bonchev–Trinajstić information content (AvgIpc) is 2.72. The average molecular weight is 304 g/mol. The molecular formula is C19H16N2O2. The lowest BCUT2D eigenvalue weighted by atomic mass is 9.84. The zero-order valence-corrected chi connectivity index (χ0v) is 12.5. The molecule has 0 bridgehead atoms. The Morgan fingerprint density at radius 1 is 0.783 bits per heavy atom. The number of fused-ring (bicyclic) bond motifs is 2. The molecule has 23 heavy (non-hydrogen) atoms. The van der Waals surface area contributed by atoms with Gasteiger partial charge in [0, 0.05) is 17.7 Å². The maximum atomic E-state index is 12.4. The fourth-order valence-corrected chi connectivity index (χ4v) is 3.49. The van der Waals surface area contributed by atoms with Crippen LogP contribution in [0.25, 0.3) is 0 Å². The van der Waals surface area contributed by atoms with Crippen molar-refractivity contribution in [2.75, 3.05) is 0 Å². The molecular weight excluding hydrogens is 288 g/mol. The van der Waals surface area contributed by atoms with Crippen molar-refractivity contribution >= 4 is 0 Å². The third-order valence-corrected chi connectivity index (χ3v) is 4.55. The van der Waals surface area contributed by atoms with Crippen molar-refractivity contribution in [3.05, 3.63) is 103 Å². The highest BCUT2D eigenvalue weighted by molar-refractivity contribution is 5.50. The van der Waals surface area contributed by atoms with Gasteiger partial charge in [0.15, 0.2) is 0 Å². The van der Waals surface area contributed by atoms with Crippen molar-refractivity contribution in [3.8, 4) is 0 Å². The largest absolute Gasteiger partial charge is 0.325 e. The SMILES string of the molecule is O=c1[nH]cc(C2c3ccccc3CCc3ccccc32)c(=O)[nH]1. The minimum absolute atomic E-state index is 0.162. The molecule has 1 aromatic heterocycles. The lowest BCUT2D eigenvalue weighted by molar-refractivity contribution is 0.891. The van der Waals surface area contributed by atoms with Crippen LogP contribution >= 0.6 is 0 Å². The molecule has 0 amide bonds. The Balaban J connectivity index is 2.04. The Kier molecular flexibility index (Phi) is 3.23. The Morgan fingerprint density at radius 2 is 1.35 bits per heavy atom. The normalized spacial score (nSPS) is 13.9. The summed E-state index contributed by atoms with van der Waals surface area (Å²) in [5, 5.41) is 0. The van der Waals surface area contributed by atoms with Gasteiger partial charge in [0.05, 0.1) is 0 Å². The fourth-order valence-electron chi connectivity index (χ4n) is 3.49. The number of hydrogen-bond acceptors (Lipinski definition) is 2. The third-order valence-electron chi connectivity index (χ3n) is 4.55. The second kappa shape index (κ2) is 5.39. The maximum absolute atomic E-state index is 12.4. The van der Waals surface area contributed by atoms with Gasteiger partial charge in [-0.05, 0) is 35.1 Å². The molecule has 4 nitrogen and oxygen atoms in total. The fraction of sp³-hybridized carbons (Fsp3) is 0.158. The molecule has 0 unspecified atom stereocenters. The summed E-state index contributed by atoms with van der Waals surface area (Å²) in [4.78, 5) is 28.7. The molecule has 3 aromatic rings. The van der Waals surface area contributed by atoms with Crippen LogP contribution in [0, 0.1) is 0 Å². The van der Waals surface area contributed by atoms with E-state index >= 15 is 0 Å². The van der Waals surface area contributed by atoms with Crippen LogP contribution in [0.5, 0.6) is 0 Å². The number of aromatic nitrogens is 2. The molecule has 0 fully saturated rings. The zero-order valence-electron chi connectivity index (χ0n) is 12.5. The van der Waals surface area contributed by atoms with Crippen LogP contribution < -0.4 is 11.2 Å². The van der Waals surface area contributed by atoms with E-state index in [1.54, 1.807) is 6.20 Å². The van der Waals surface area contributed by atoms with E-state index in [-0.39, 0.29) is 11.5 Å². The smallest absolute Gasteiger partial charge is 0.314 e. The summed E-state index contributed by atoms with van der Waals surface area (Å²) in [7, 11) is 0. The molecule has 1 aliphatic carbocycles. The number of benzene rings is 2. The highest BCUT2D eigenvalue weighted by Gasteiger charge is 2.26. The highest BCUT2D eigenvalue weighted by atomic mass is 16.2. The summed E-state index contributed by atoms with van der Waals surface area (Å²) in [5.41, 5.74) is 4.54. The first kappa shape index (κ1) is 13.8. The van der Waals surface area contributed by atoms with Crippen LogP contribution in [0.1, 0.15) is 33.7 Å². The molecule has 114 valence electrons. The van der Waals surface area contributed by atoms with Gasteiger partial charge in [-0.1, -0.05) is 48.5 Å². The monoisotopic (exact) mass is 304 g/mol. The van der Waals surface area contributed by atoms with E-state index in [4.69, 9.17) is 0 Å². The molecule has 1 aliphatic rings. The summed E-state index contributed by atoms with van der Waals surface area (Å²) in [6, 6.07) is 16.5. The van der Waals surface area contributed by atoms with Gasteiger partial charge in [-0.15, -0.1) is 0 Å². The lowest BCUT2D eigenvalue weighted by Crippen LogP contribution is -2.27. The van der Waals surface area contributed by atoms with Gasteiger partial charge < -0.3 is 4.98 Å². The highest BCUT2D eigenvalue weighted by Crippen LogP contribution is 2.37. The van der Waals surface area contributed by atoms with Gasteiger partial charge in [-0.2, -0.15) is 0 Å². The van der Waals surface area contributed by atoms with Gasteiger partial charge in [-0.3, -0.25) is 9.78 Å². The molecule has 2 N–H and O–H groups in total. The maximum Gasteiger partial charge on any atom is 0.325 e. The van der Waals surface area contributed by atoms with E-state index < -0.39 is 5.69 Å². The van der Waals surface area contributed by atoms with Crippen LogP contribution in [0.4, 0.5) is 0 Å². The van der Waals surface area contributed by atoms with Crippen molar-refractivity contribution in [1.82, 2.24) is 9.97 Å². The molecule has 0 saturated carbocycles. The first-order valence-electron chi connectivity index (χ1n) is 7.71. The van der Waals surface area contributed by atoms with Crippen molar-refractivity contribution in [1.29, 1.82) is 0 Å². The summed E-state index contributed by atoms with van der Waals surface area (Å²) < 4.78 is 0. The summed E-state index contributed by atoms with van der Waals surface area (Å²) in [6.07, 6.45) is 3.45. The number of aryl methyl sites for hydroxylation is 2. The van der Waals surface area contributed by atoms with E-state index in [0.29, 0.717) is 5.56 Å². The van der Waals surface area contributed by atoms with Crippen LogP contribution in [0.3, 0.4) is 0 Å². The molecule has 0 aliphatic heterocycles. The van der Waals surface area contributed by atoms with E-state index in [1.807, 2.05) is 24.3 Å². The van der Waals surface area contributed by atoms with Crippen molar-refractivity contribution in [2.45, 2.75) is 18.8 Å². The Bertz CT molecular complexity index is 937. The molecule has 0 radical (unpaired) electrons. The topological polar surface area (TPSA) is 65.7 Å². The number of hydrogen-bond donors (Lipinski definition) is 2. The van der Waals surface area contributed by atoms with E-state index in [1.165, 1.54) is 11.1 Å². The van der Waals surface area contributed by atoms with Crippen molar-refractivity contribution in [2.24, 2.45) is 0 Å². The van der Waals surface area contributed by atoms with Gasteiger partial charge >= 0.3 is 5.69 Å². The van der Waals surface area contributed by atoms with Gasteiger partial charge in [0.25, 0.3) is 5.56 Å². The summed E-state index contributed by atoms with van der Waals surface area (Å²) >= 11 is 0. The van der Waals surface area contributed by atoms with E-state index in [9.17, 15) is 9.59 Å². The first-order chi connectivity index (χ1) is 11.2. The predicted molar refractivity (Wildman–Crippen MR) is 88.9 cm³/mol. The molecule has 0 saturated heterocycles. The van der Waals surface area contributed by atoms with Crippen LogP contribution in [-0.2, 0) is 12.8 Å². The van der Waals surface area contributed by atoms with Gasteiger partial charge in [0.1, 0.15) is 0 Å². The van der Waals surface area contributed by atoms with Gasteiger partial charge in [-0.25, -0.2) is 4.79 Å². The minimum Gasteiger partial charge on any atom is -0.314 e. The van der Waals surface area contributed by atoms with Crippen LogP contribution in [0.15, 0.2) is 64.3 Å². The predicted octanol–water partition coefficient (Wildman–Crippen LogP) is 2.34. The lowest BCUT2D eigenvalue weighted by Gasteiger charge is -2.19. The Labute approximate surface area is 132 Å². The number of H-pyrrole nitrogens is 2. The molecule has 4 heteroatoms. The number of rotatable bonds is 1. The van der Waals surface area contributed by atoms with E-state index in [0.717, 1.165) is 24.0 Å². The van der Waals surface area contributed by atoms with Crippen molar-refractivity contribution < 1.29 is 0 Å². The molecule has 0 atom stereocenters.